The van der Waals surface area contributed by atoms with Crippen LogP contribution in [0.25, 0.3) is 0 Å². The lowest BCUT2D eigenvalue weighted by atomic mass is 10.0. The smallest absolute Gasteiger partial charge is 0.0662 e. The first kappa shape index (κ1) is 9.37. The van der Waals surface area contributed by atoms with Crippen LogP contribution in [0.1, 0.15) is 29.2 Å². The van der Waals surface area contributed by atoms with E-state index in [0.29, 0.717) is 6.04 Å². The van der Waals surface area contributed by atoms with Gasteiger partial charge >= 0.3 is 0 Å². The van der Waals surface area contributed by atoms with Gasteiger partial charge in [0.1, 0.15) is 0 Å². The first-order valence-electron chi connectivity index (χ1n) is 5.86. The summed E-state index contributed by atoms with van der Waals surface area (Å²) in [7, 11) is 0. The highest BCUT2D eigenvalue weighted by molar-refractivity contribution is 5.36. The van der Waals surface area contributed by atoms with Crippen LogP contribution < -0.4 is 5.32 Å². The van der Waals surface area contributed by atoms with Gasteiger partial charge in [-0.25, -0.2) is 0 Å². The lowest BCUT2D eigenvalue weighted by Gasteiger charge is -2.24. The molecule has 15 heavy (non-hydrogen) atoms. The van der Waals surface area contributed by atoms with Gasteiger partial charge in [-0.3, -0.25) is 0 Å². The Kier molecular flexibility index (Phi) is 2.47. The molecule has 1 aliphatic carbocycles. The Morgan fingerprint density at radius 1 is 1.20 bits per heavy atom. The van der Waals surface area contributed by atoms with Crippen LogP contribution in [0.4, 0.5) is 0 Å². The quantitative estimate of drug-likeness (QED) is 0.752. The van der Waals surface area contributed by atoms with Gasteiger partial charge < -0.3 is 10.1 Å². The normalized spacial score (nSPS) is 25.2. The molecular weight excluding hydrogens is 186 g/mol. The average Bonchev–Trinajstić information content (AvgIpc) is 2.77. The molecule has 1 saturated heterocycles. The summed E-state index contributed by atoms with van der Waals surface area (Å²) in [4.78, 5) is 0. The second-order valence-corrected chi connectivity index (χ2v) is 4.46. The van der Waals surface area contributed by atoms with Crippen molar-refractivity contribution < 1.29 is 4.74 Å². The van der Waals surface area contributed by atoms with Crippen molar-refractivity contribution in [3.63, 3.8) is 0 Å². The fraction of sp³-hybridized carbons (Fsp3) is 0.538. The third-order valence-electron chi connectivity index (χ3n) is 3.45. The van der Waals surface area contributed by atoms with E-state index in [-0.39, 0.29) is 0 Å². The van der Waals surface area contributed by atoms with Crippen LogP contribution in [0.3, 0.4) is 0 Å². The molecule has 1 aliphatic heterocycles. The van der Waals surface area contributed by atoms with Crippen LogP contribution in [-0.4, -0.2) is 19.8 Å². The molecule has 0 spiro atoms. The zero-order valence-corrected chi connectivity index (χ0v) is 8.96. The number of hydrogen-bond donors (Lipinski definition) is 1. The van der Waals surface area contributed by atoms with Gasteiger partial charge in [0.25, 0.3) is 0 Å². The molecule has 1 heterocycles. The van der Waals surface area contributed by atoms with Gasteiger partial charge in [-0.05, 0) is 36.0 Å². The van der Waals surface area contributed by atoms with E-state index in [1.54, 1.807) is 11.1 Å². The van der Waals surface area contributed by atoms with E-state index in [1.165, 1.54) is 24.8 Å². The van der Waals surface area contributed by atoms with Crippen molar-refractivity contribution in [2.75, 3.05) is 19.8 Å². The Morgan fingerprint density at radius 3 is 3.00 bits per heavy atom. The summed E-state index contributed by atoms with van der Waals surface area (Å²) in [6, 6.07) is 7.34. The molecule has 1 aromatic carbocycles. The first-order valence-corrected chi connectivity index (χ1v) is 5.86. The summed E-state index contributed by atoms with van der Waals surface area (Å²) in [5.74, 6) is 0. The number of nitrogens with one attached hydrogen (secondary N) is 1. The molecule has 1 aromatic rings. The maximum Gasteiger partial charge on any atom is 0.0662 e. The highest BCUT2D eigenvalue weighted by atomic mass is 16.5. The number of morpholine rings is 1. The van der Waals surface area contributed by atoms with Crippen molar-refractivity contribution in [3.05, 3.63) is 34.9 Å². The lowest BCUT2D eigenvalue weighted by molar-refractivity contribution is 0.0768. The molecule has 1 N–H and O–H groups in total. The molecule has 2 aliphatic rings. The molecule has 2 nitrogen and oxygen atoms in total. The number of fused-ring (bicyclic) bond motifs is 1. The second-order valence-electron chi connectivity index (χ2n) is 4.46. The minimum absolute atomic E-state index is 0.407. The van der Waals surface area contributed by atoms with Gasteiger partial charge in [-0.15, -0.1) is 0 Å². The molecule has 0 radical (unpaired) electrons. The molecule has 80 valence electrons. The number of aryl methyl sites for hydroxylation is 2. The average molecular weight is 203 g/mol. The summed E-state index contributed by atoms with van der Waals surface area (Å²) in [5.41, 5.74) is 4.51. The van der Waals surface area contributed by atoms with Crippen LogP contribution in [0.2, 0.25) is 0 Å². The Labute approximate surface area is 90.6 Å². The monoisotopic (exact) mass is 203 g/mol. The summed E-state index contributed by atoms with van der Waals surface area (Å²) in [6.45, 7) is 2.64. The summed E-state index contributed by atoms with van der Waals surface area (Å²) in [6.07, 6.45) is 3.86. The number of rotatable bonds is 1. The van der Waals surface area contributed by atoms with Crippen molar-refractivity contribution >= 4 is 0 Å². The molecule has 1 unspecified atom stereocenters. The minimum Gasteiger partial charge on any atom is -0.378 e. The Hall–Kier alpha value is -0.860. The van der Waals surface area contributed by atoms with Gasteiger partial charge in [0.15, 0.2) is 0 Å². The molecular formula is C13H17NO. The van der Waals surface area contributed by atoms with E-state index in [2.05, 4.69) is 23.5 Å². The zero-order chi connectivity index (χ0) is 10.1. The molecule has 0 bridgehead atoms. The van der Waals surface area contributed by atoms with E-state index in [1.807, 2.05) is 0 Å². The number of hydrogen-bond acceptors (Lipinski definition) is 2. The van der Waals surface area contributed by atoms with Gasteiger partial charge in [-0.2, -0.15) is 0 Å². The zero-order valence-electron chi connectivity index (χ0n) is 8.96. The largest absolute Gasteiger partial charge is 0.378 e. The fourth-order valence-corrected chi connectivity index (χ4v) is 2.59. The highest BCUT2D eigenvalue weighted by Crippen LogP contribution is 2.26. The third kappa shape index (κ3) is 1.80. The van der Waals surface area contributed by atoms with Crippen LogP contribution in [0.5, 0.6) is 0 Å². The van der Waals surface area contributed by atoms with Gasteiger partial charge in [0, 0.05) is 6.54 Å². The highest BCUT2D eigenvalue weighted by Gasteiger charge is 2.17. The third-order valence-corrected chi connectivity index (χ3v) is 3.45. The predicted octanol–water partition coefficient (Wildman–Crippen LogP) is 1.84. The van der Waals surface area contributed by atoms with Crippen molar-refractivity contribution in [3.8, 4) is 0 Å². The van der Waals surface area contributed by atoms with E-state index in [4.69, 9.17) is 4.74 Å². The minimum atomic E-state index is 0.407. The van der Waals surface area contributed by atoms with E-state index >= 15 is 0 Å². The number of ether oxygens (including phenoxy) is 1. The van der Waals surface area contributed by atoms with Gasteiger partial charge in [0.2, 0.25) is 0 Å². The van der Waals surface area contributed by atoms with Crippen molar-refractivity contribution in [2.24, 2.45) is 0 Å². The molecule has 1 fully saturated rings. The van der Waals surface area contributed by atoms with Crippen molar-refractivity contribution in [1.29, 1.82) is 0 Å². The SMILES string of the molecule is c1cc2c(cc1C1COCCN1)CCC2. The van der Waals surface area contributed by atoms with Crippen LogP contribution in [0, 0.1) is 0 Å². The second kappa shape index (κ2) is 3.95. The van der Waals surface area contributed by atoms with Crippen LogP contribution in [-0.2, 0) is 17.6 Å². The van der Waals surface area contributed by atoms with Crippen LogP contribution in [0.15, 0.2) is 18.2 Å². The Bertz CT molecular complexity index is 356. The van der Waals surface area contributed by atoms with Gasteiger partial charge in [-0.1, -0.05) is 18.2 Å². The molecule has 1 atom stereocenters. The Morgan fingerprint density at radius 2 is 2.13 bits per heavy atom. The molecule has 0 amide bonds. The predicted molar refractivity (Wildman–Crippen MR) is 60.0 cm³/mol. The summed E-state index contributed by atoms with van der Waals surface area (Å²) < 4.78 is 5.49. The standard InChI is InChI=1S/C13H17NO/c1-2-10-4-5-12(8-11(10)3-1)13-9-15-7-6-14-13/h4-5,8,13-14H,1-3,6-7,9H2. The maximum atomic E-state index is 5.49. The topological polar surface area (TPSA) is 21.3 Å². The summed E-state index contributed by atoms with van der Waals surface area (Å²) >= 11 is 0. The molecule has 0 saturated carbocycles. The van der Waals surface area contributed by atoms with E-state index < -0.39 is 0 Å². The fourth-order valence-electron chi connectivity index (χ4n) is 2.59. The lowest BCUT2D eigenvalue weighted by Crippen LogP contribution is -2.34. The number of benzene rings is 1. The van der Waals surface area contributed by atoms with Crippen LogP contribution >= 0.6 is 0 Å². The van der Waals surface area contributed by atoms with Crippen molar-refractivity contribution in [1.82, 2.24) is 5.32 Å². The summed E-state index contributed by atoms with van der Waals surface area (Å²) in [5, 5.41) is 3.50. The molecule has 3 rings (SSSR count). The maximum absolute atomic E-state index is 5.49. The van der Waals surface area contributed by atoms with E-state index in [0.717, 1.165) is 19.8 Å². The van der Waals surface area contributed by atoms with E-state index in [9.17, 15) is 0 Å². The van der Waals surface area contributed by atoms with Crippen molar-refractivity contribution in [2.45, 2.75) is 25.3 Å². The Balaban J connectivity index is 1.85. The molecule has 0 aromatic heterocycles. The van der Waals surface area contributed by atoms with Gasteiger partial charge in [0.05, 0.1) is 19.3 Å². The first-order chi connectivity index (χ1) is 7.43. The molecule has 2 heteroatoms.